The molecule has 0 saturated carbocycles. The van der Waals surface area contributed by atoms with Crippen LogP contribution in [-0.4, -0.2) is 24.0 Å². The second-order valence-corrected chi connectivity index (χ2v) is 10.00. The average Bonchev–Trinajstić information content (AvgIpc) is 3.20. The summed E-state index contributed by atoms with van der Waals surface area (Å²) in [5, 5.41) is 4.40. The monoisotopic (exact) mass is 470 g/mol. The number of aromatic nitrogens is 1. The van der Waals surface area contributed by atoms with Crippen LogP contribution < -0.4 is 5.32 Å². The molecule has 5 nitrogen and oxygen atoms in total. The van der Waals surface area contributed by atoms with Gasteiger partial charge in [0, 0.05) is 15.8 Å². The number of amides is 1. The molecule has 1 aliphatic rings. The predicted octanol–water partition coefficient (Wildman–Crippen LogP) is 6.44. The van der Waals surface area contributed by atoms with E-state index in [1.165, 1.54) is 18.4 Å². The van der Waals surface area contributed by atoms with Crippen LogP contribution in [0.2, 0.25) is 0 Å². The number of hydrogen-bond acceptors (Lipinski definition) is 5. The van der Waals surface area contributed by atoms with Gasteiger partial charge in [-0.05, 0) is 49.3 Å². The van der Waals surface area contributed by atoms with Gasteiger partial charge < -0.3 is 10.1 Å². The van der Waals surface area contributed by atoms with Crippen LogP contribution in [0.5, 0.6) is 0 Å². The first kappa shape index (κ1) is 22.3. The van der Waals surface area contributed by atoms with E-state index in [4.69, 9.17) is 9.72 Å². The van der Waals surface area contributed by atoms with Gasteiger partial charge in [0.1, 0.15) is 5.00 Å². The molecule has 0 spiro atoms. The lowest BCUT2D eigenvalue weighted by Gasteiger charge is -2.18. The second kappa shape index (κ2) is 9.03. The maximum atomic E-state index is 13.7. The number of carbonyl (C=O) groups excluding carboxylic acids is 2. The van der Waals surface area contributed by atoms with Gasteiger partial charge in [-0.3, -0.25) is 4.79 Å². The first-order valence-electron chi connectivity index (χ1n) is 11.5. The zero-order valence-electron chi connectivity index (χ0n) is 19.5. The molecule has 1 N–H and O–H groups in total. The largest absolute Gasteiger partial charge is 0.465 e. The standard InChI is InChI=1S/C28H26N2O3S/c1-16-12-13-20-23(14-16)34-27(24(20)28(32)33-3)30-26(31)21-15-22(18-9-5-4-6-10-18)29-25-17(2)8-7-11-19(21)25/h4-11,15-16H,12-14H2,1-3H3,(H,30,31)/t16-/m0/s1. The van der Waals surface area contributed by atoms with E-state index in [-0.39, 0.29) is 5.91 Å². The molecule has 0 saturated heterocycles. The van der Waals surface area contributed by atoms with Crippen LogP contribution in [0.1, 0.15) is 50.1 Å². The molecule has 1 atom stereocenters. The number of fused-ring (bicyclic) bond motifs is 2. The van der Waals surface area contributed by atoms with Gasteiger partial charge >= 0.3 is 5.97 Å². The van der Waals surface area contributed by atoms with Gasteiger partial charge in [-0.25, -0.2) is 9.78 Å². The first-order chi connectivity index (χ1) is 16.5. The van der Waals surface area contributed by atoms with E-state index in [1.807, 2.05) is 61.5 Å². The summed E-state index contributed by atoms with van der Waals surface area (Å²) in [4.78, 5) is 32.4. The zero-order chi connectivity index (χ0) is 23.8. The van der Waals surface area contributed by atoms with Crippen molar-refractivity contribution in [3.8, 4) is 11.3 Å². The number of para-hydroxylation sites is 1. The molecule has 5 rings (SSSR count). The van der Waals surface area contributed by atoms with Gasteiger partial charge in [0.05, 0.1) is 29.4 Å². The highest BCUT2D eigenvalue weighted by Crippen LogP contribution is 2.40. The molecule has 34 heavy (non-hydrogen) atoms. The number of aryl methyl sites for hydroxylation is 1. The fourth-order valence-corrected chi connectivity index (χ4v) is 6.06. The van der Waals surface area contributed by atoms with Crippen LogP contribution in [0.15, 0.2) is 54.6 Å². The molecule has 0 fully saturated rings. The van der Waals surface area contributed by atoms with Crippen molar-refractivity contribution < 1.29 is 14.3 Å². The smallest absolute Gasteiger partial charge is 0.341 e. The SMILES string of the molecule is COC(=O)c1c(NC(=O)c2cc(-c3ccccc3)nc3c(C)cccc23)sc2c1CC[C@H](C)C2. The molecule has 2 aromatic heterocycles. The van der Waals surface area contributed by atoms with E-state index in [2.05, 4.69) is 12.2 Å². The van der Waals surface area contributed by atoms with Crippen molar-refractivity contribution in [1.29, 1.82) is 0 Å². The minimum atomic E-state index is -0.400. The quantitative estimate of drug-likeness (QED) is 0.349. The first-order valence-corrected chi connectivity index (χ1v) is 12.3. The van der Waals surface area contributed by atoms with E-state index in [9.17, 15) is 9.59 Å². The van der Waals surface area contributed by atoms with Crippen molar-refractivity contribution in [3.05, 3.63) is 81.7 Å². The Bertz CT molecular complexity index is 1410. The fourth-order valence-electron chi connectivity index (χ4n) is 4.66. The molecule has 0 unspecified atom stereocenters. The number of rotatable bonds is 4. The van der Waals surface area contributed by atoms with Gasteiger partial charge in [0.25, 0.3) is 5.91 Å². The number of anilines is 1. The number of thiophene rings is 1. The third kappa shape index (κ3) is 3.99. The van der Waals surface area contributed by atoms with E-state index in [0.717, 1.165) is 57.4 Å². The van der Waals surface area contributed by atoms with Crippen molar-refractivity contribution in [2.45, 2.75) is 33.1 Å². The minimum Gasteiger partial charge on any atom is -0.465 e. The zero-order valence-corrected chi connectivity index (χ0v) is 20.3. The molecule has 2 aromatic carbocycles. The fraction of sp³-hybridized carbons (Fsp3) is 0.250. The van der Waals surface area contributed by atoms with Gasteiger partial charge in [-0.15, -0.1) is 11.3 Å². The summed E-state index contributed by atoms with van der Waals surface area (Å²) in [6.45, 7) is 4.21. The van der Waals surface area contributed by atoms with E-state index >= 15 is 0 Å². The number of benzene rings is 2. The number of hydrogen-bond donors (Lipinski definition) is 1. The molecule has 1 aliphatic carbocycles. The Kier molecular flexibility index (Phi) is 5.92. The van der Waals surface area contributed by atoms with Gasteiger partial charge in [-0.2, -0.15) is 0 Å². The molecule has 0 bridgehead atoms. The lowest BCUT2D eigenvalue weighted by molar-refractivity contribution is 0.0601. The molecule has 0 radical (unpaired) electrons. The van der Waals surface area contributed by atoms with Gasteiger partial charge in [0.15, 0.2) is 0 Å². The number of nitrogens with one attached hydrogen (secondary N) is 1. The van der Waals surface area contributed by atoms with Crippen molar-refractivity contribution in [2.24, 2.45) is 5.92 Å². The van der Waals surface area contributed by atoms with E-state index < -0.39 is 5.97 Å². The number of pyridine rings is 1. The maximum Gasteiger partial charge on any atom is 0.341 e. The topological polar surface area (TPSA) is 68.3 Å². The molecule has 2 heterocycles. The van der Waals surface area contributed by atoms with Crippen LogP contribution in [0.25, 0.3) is 22.2 Å². The highest BCUT2D eigenvalue weighted by Gasteiger charge is 2.29. The third-order valence-corrected chi connectivity index (χ3v) is 7.65. The Hall–Kier alpha value is -3.51. The van der Waals surface area contributed by atoms with Gasteiger partial charge in [0.2, 0.25) is 0 Å². The molecule has 172 valence electrons. The third-order valence-electron chi connectivity index (χ3n) is 6.48. The molecule has 0 aliphatic heterocycles. The second-order valence-electron chi connectivity index (χ2n) is 8.89. The molecule has 4 aromatic rings. The van der Waals surface area contributed by atoms with E-state index in [0.29, 0.717) is 22.0 Å². The summed E-state index contributed by atoms with van der Waals surface area (Å²) >= 11 is 1.49. The molecular weight excluding hydrogens is 444 g/mol. The van der Waals surface area contributed by atoms with Crippen LogP contribution in [0.3, 0.4) is 0 Å². The number of nitrogens with zero attached hydrogens (tertiary/aromatic N) is 1. The van der Waals surface area contributed by atoms with Crippen LogP contribution in [0.4, 0.5) is 5.00 Å². The summed E-state index contributed by atoms with van der Waals surface area (Å²) < 4.78 is 5.08. The Morgan fingerprint density at radius 1 is 1.12 bits per heavy atom. The Morgan fingerprint density at radius 3 is 2.68 bits per heavy atom. The highest BCUT2D eigenvalue weighted by atomic mass is 32.1. The number of esters is 1. The van der Waals surface area contributed by atoms with E-state index in [1.54, 1.807) is 0 Å². The normalized spacial score (nSPS) is 15.1. The highest BCUT2D eigenvalue weighted by molar-refractivity contribution is 7.17. The summed E-state index contributed by atoms with van der Waals surface area (Å²) in [7, 11) is 1.38. The summed E-state index contributed by atoms with van der Waals surface area (Å²) in [5.41, 5.74) is 5.52. The maximum absolute atomic E-state index is 13.7. The van der Waals surface area contributed by atoms with Crippen molar-refractivity contribution >= 4 is 39.1 Å². The average molecular weight is 471 g/mol. The number of carbonyl (C=O) groups is 2. The van der Waals surface area contributed by atoms with Crippen LogP contribution >= 0.6 is 11.3 Å². The van der Waals surface area contributed by atoms with Gasteiger partial charge in [-0.1, -0.05) is 55.5 Å². The van der Waals surface area contributed by atoms with Crippen molar-refractivity contribution in [2.75, 3.05) is 12.4 Å². The number of methoxy groups -OCH3 is 1. The van der Waals surface area contributed by atoms with Crippen LogP contribution in [-0.2, 0) is 17.6 Å². The lowest BCUT2D eigenvalue weighted by atomic mass is 9.88. The Morgan fingerprint density at radius 2 is 1.91 bits per heavy atom. The molecular formula is C28H26N2O3S. The van der Waals surface area contributed by atoms with Crippen molar-refractivity contribution in [1.82, 2.24) is 4.98 Å². The Labute approximate surface area is 202 Å². The Balaban J connectivity index is 1.61. The molecule has 6 heteroatoms. The van der Waals surface area contributed by atoms with Crippen LogP contribution in [0, 0.1) is 12.8 Å². The summed E-state index contributed by atoms with van der Waals surface area (Å²) in [6, 6.07) is 17.5. The summed E-state index contributed by atoms with van der Waals surface area (Å²) in [5.74, 6) is -0.101. The minimum absolute atomic E-state index is 0.257. The molecule has 1 amide bonds. The predicted molar refractivity (Wildman–Crippen MR) is 137 cm³/mol. The van der Waals surface area contributed by atoms with Crippen molar-refractivity contribution in [3.63, 3.8) is 0 Å². The summed E-state index contributed by atoms with van der Waals surface area (Å²) in [6.07, 6.45) is 2.76. The number of ether oxygens (including phenoxy) is 1. The lowest BCUT2D eigenvalue weighted by Crippen LogP contribution is -2.16.